The minimum atomic E-state index is 0.0716. The molecule has 2 aromatic heterocycles. The fourth-order valence-corrected chi connectivity index (χ4v) is 4.46. The number of nitrogens with zero attached hydrogens (tertiary/aromatic N) is 3. The van der Waals surface area contributed by atoms with Crippen LogP contribution in [0.4, 0.5) is 0 Å². The van der Waals surface area contributed by atoms with Crippen LogP contribution in [0.2, 0.25) is 0 Å². The van der Waals surface area contributed by atoms with Gasteiger partial charge in [-0.15, -0.1) is 0 Å². The molecule has 1 saturated heterocycles. The van der Waals surface area contributed by atoms with Crippen molar-refractivity contribution in [2.24, 2.45) is 0 Å². The Morgan fingerprint density at radius 2 is 1.86 bits per heavy atom. The van der Waals surface area contributed by atoms with Gasteiger partial charge in [0.1, 0.15) is 5.52 Å². The Kier molecular flexibility index (Phi) is 4.87. The second-order valence-electron chi connectivity index (χ2n) is 7.31. The Labute approximate surface area is 173 Å². The van der Waals surface area contributed by atoms with Crippen LogP contribution in [0.1, 0.15) is 15.9 Å². The molecule has 1 fully saturated rings. The number of carbonyl (C=O) groups excluding carboxylic acids is 1. The molecule has 2 aromatic carbocycles. The Bertz CT molecular complexity index is 1110. The van der Waals surface area contributed by atoms with Gasteiger partial charge in [-0.05, 0) is 40.6 Å². The van der Waals surface area contributed by atoms with Crippen molar-refractivity contribution in [3.8, 4) is 11.3 Å². The van der Waals surface area contributed by atoms with Gasteiger partial charge in [-0.2, -0.15) is 11.3 Å². The van der Waals surface area contributed by atoms with Crippen molar-refractivity contribution in [2.75, 3.05) is 26.2 Å². The van der Waals surface area contributed by atoms with Gasteiger partial charge < -0.3 is 9.42 Å². The van der Waals surface area contributed by atoms with Crippen molar-refractivity contribution >= 4 is 28.1 Å². The standard InChI is InChI=1S/C23H21N3O2S/c27-23(26-11-9-25(10-12-26)15-17-8-13-29-16-17)19-6-7-21-20(14-19)22(28-24-21)18-4-2-1-3-5-18/h1-8,13-14,16H,9-12,15H2. The van der Waals surface area contributed by atoms with Gasteiger partial charge in [0, 0.05) is 43.9 Å². The number of fused-ring (bicyclic) bond motifs is 1. The predicted molar refractivity (Wildman–Crippen MR) is 115 cm³/mol. The second-order valence-corrected chi connectivity index (χ2v) is 8.09. The Hall–Kier alpha value is -2.96. The molecule has 0 aliphatic carbocycles. The number of benzene rings is 2. The first-order valence-electron chi connectivity index (χ1n) is 9.75. The van der Waals surface area contributed by atoms with E-state index in [1.807, 2.05) is 53.4 Å². The zero-order chi connectivity index (χ0) is 19.6. The van der Waals surface area contributed by atoms with Crippen LogP contribution in [0.3, 0.4) is 0 Å². The van der Waals surface area contributed by atoms with Crippen molar-refractivity contribution in [2.45, 2.75) is 6.54 Å². The van der Waals surface area contributed by atoms with Crippen LogP contribution >= 0.6 is 11.3 Å². The number of rotatable bonds is 4. The summed E-state index contributed by atoms with van der Waals surface area (Å²) in [7, 11) is 0. The van der Waals surface area contributed by atoms with Gasteiger partial charge in [-0.25, -0.2) is 0 Å². The third-order valence-electron chi connectivity index (χ3n) is 5.41. The molecule has 4 aromatic rings. The molecule has 0 unspecified atom stereocenters. The molecule has 0 spiro atoms. The summed E-state index contributed by atoms with van der Waals surface area (Å²) in [6.45, 7) is 4.24. The fourth-order valence-electron chi connectivity index (χ4n) is 3.80. The molecule has 5 nitrogen and oxygen atoms in total. The minimum Gasteiger partial charge on any atom is -0.355 e. The molecule has 29 heavy (non-hydrogen) atoms. The topological polar surface area (TPSA) is 49.6 Å². The molecular formula is C23H21N3O2S. The van der Waals surface area contributed by atoms with E-state index in [2.05, 4.69) is 26.9 Å². The van der Waals surface area contributed by atoms with Crippen LogP contribution in [-0.4, -0.2) is 47.0 Å². The molecule has 1 amide bonds. The van der Waals surface area contributed by atoms with Crippen molar-refractivity contribution in [1.29, 1.82) is 0 Å². The van der Waals surface area contributed by atoms with Gasteiger partial charge >= 0.3 is 0 Å². The first-order valence-corrected chi connectivity index (χ1v) is 10.7. The van der Waals surface area contributed by atoms with Crippen molar-refractivity contribution in [1.82, 2.24) is 15.0 Å². The zero-order valence-electron chi connectivity index (χ0n) is 16.0. The lowest BCUT2D eigenvalue weighted by Crippen LogP contribution is -2.48. The number of piperazine rings is 1. The van der Waals surface area contributed by atoms with E-state index < -0.39 is 0 Å². The van der Waals surface area contributed by atoms with Gasteiger partial charge in [-0.3, -0.25) is 9.69 Å². The Morgan fingerprint density at radius 1 is 1.03 bits per heavy atom. The number of thiophene rings is 1. The second kappa shape index (κ2) is 7.81. The SMILES string of the molecule is O=C(c1ccc2noc(-c3ccccc3)c2c1)N1CCN(Cc2ccsc2)CC1. The molecule has 6 heteroatoms. The third-order valence-corrected chi connectivity index (χ3v) is 6.14. The van der Waals surface area contributed by atoms with E-state index in [-0.39, 0.29) is 5.91 Å². The van der Waals surface area contributed by atoms with Crippen LogP contribution in [0.5, 0.6) is 0 Å². The van der Waals surface area contributed by atoms with E-state index in [0.717, 1.165) is 49.2 Å². The quantitative estimate of drug-likeness (QED) is 0.503. The van der Waals surface area contributed by atoms with Gasteiger partial charge in [0.05, 0.1) is 5.39 Å². The summed E-state index contributed by atoms with van der Waals surface area (Å²) in [4.78, 5) is 17.4. The summed E-state index contributed by atoms with van der Waals surface area (Å²) in [5.74, 6) is 0.776. The van der Waals surface area contributed by atoms with Crippen molar-refractivity contribution < 1.29 is 9.32 Å². The summed E-state index contributed by atoms with van der Waals surface area (Å²) in [6.07, 6.45) is 0. The Morgan fingerprint density at radius 3 is 2.62 bits per heavy atom. The molecule has 0 bridgehead atoms. The van der Waals surface area contributed by atoms with Crippen LogP contribution < -0.4 is 0 Å². The normalized spacial score (nSPS) is 15.1. The lowest BCUT2D eigenvalue weighted by molar-refractivity contribution is 0.0629. The molecule has 0 N–H and O–H groups in total. The van der Waals surface area contributed by atoms with Gasteiger partial charge in [0.2, 0.25) is 0 Å². The average Bonchev–Trinajstić information content (AvgIpc) is 3.44. The molecular weight excluding hydrogens is 382 g/mol. The lowest BCUT2D eigenvalue weighted by Gasteiger charge is -2.34. The monoisotopic (exact) mass is 403 g/mol. The van der Waals surface area contributed by atoms with Crippen LogP contribution in [0.15, 0.2) is 69.9 Å². The van der Waals surface area contributed by atoms with E-state index in [1.54, 1.807) is 11.3 Å². The highest BCUT2D eigenvalue weighted by Gasteiger charge is 2.23. The third kappa shape index (κ3) is 3.69. The van der Waals surface area contributed by atoms with E-state index >= 15 is 0 Å². The molecule has 0 atom stereocenters. The lowest BCUT2D eigenvalue weighted by atomic mass is 10.1. The fraction of sp³-hybridized carbons (Fsp3) is 0.217. The minimum absolute atomic E-state index is 0.0716. The Balaban J connectivity index is 1.32. The first kappa shape index (κ1) is 18.1. The average molecular weight is 404 g/mol. The number of hydrogen-bond donors (Lipinski definition) is 0. The molecule has 146 valence electrons. The smallest absolute Gasteiger partial charge is 0.253 e. The van der Waals surface area contributed by atoms with E-state index in [4.69, 9.17) is 4.52 Å². The first-order chi connectivity index (χ1) is 14.3. The van der Waals surface area contributed by atoms with Crippen LogP contribution in [-0.2, 0) is 6.54 Å². The maximum atomic E-state index is 13.1. The maximum absolute atomic E-state index is 13.1. The van der Waals surface area contributed by atoms with E-state index in [9.17, 15) is 4.79 Å². The van der Waals surface area contributed by atoms with E-state index in [1.165, 1.54) is 5.56 Å². The van der Waals surface area contributed by atoms with Gasteiger partial charge in [-0.1, -0.05) is 35.5 Å². The highest BCUT2D eigenvalue weighted by molar-refractivity contribution is 7.07. The molecule has 1 aliphatic rings. The van der Waals surface area contributed by atoms with Gasteiger partial charge in [0.25, 0.3) is 5.91 Å². The number of carbonyl (C=O) groups is 1. The van der Waals surface area contributed by atoms with Crippen LogP contribution in [0.25, 0.3) is 22.2 Å². The summed E-state index contributed by atoms with van der Waals surface area (Å²) >= 11 is 1.73. The summed E-state index contributed by atoms with van der Waals surface area (Å²) in [6, 6.07) is 17.7. The zero-order valence-corrected chi connectivity index (χ0v) is 16.8. The molecule has 3 heterocycles. The van der Waals surface area contributed by atoms with E-state index in [0.29, 0.717) is 11.3 Å². The molecule has 0 radical (unpaired) electrons. The number of hydrogen-bond acceptors (Lipinski definition) is 5. The maximum Gasteiger partial charge on any atom is 0.253 e. The predicted octanol–water partition coefficient (Wildman–Crippen LogP) is 4.51. The summed E-state index contributed by atoms with van der Waals surface area (Å²) < 4.78 is 5.56. The van der Waals surface area contributed by atoms with Crippen LogP contribution in [0, 0.1) is 0 Å². The summed E-state index contributed by atoms with van der Waals surface area (Å²) in [5, 5.41) is 9.32. The molecule has 1 aliphatic heterocycles. The molecule has 0 saturated carbocycles. The van der Waals surface area contributed by atoms with Crippen molar-refractivity contribution in [3.05, 3.63) is 76.5 Å². The number of aromatic nitrogens is 1. The summed E-state index contributed by atoms with van der Waals surface area (Å²) in [5.41, 5.74) is 3.76. The molecule has 5 rings (SSSR count). The van der Waals surface area contributed by atoms with Gasteiger partial charge in [0.15, 0.2) is 5.76 Å². The number of amides is 1. The highest BCUT2D eigenvalue weighted by atomic mass is 32.1. The highest BCUT2D eigenvalue weighted by Crippen LogP contribution is 2.29. The largest absolute Gasteiger partial charge is 0.355 e. The van der Waals surface area contributed by atoms with Crippen molar-refractivity contribution in [3.63, 3.8) is 0 Å².